The quantitative estimate of drug-likeness (QED) is 0.889. The number of carbonyl (C=O) groups is 1. The molecule has 1 N–H and O–H groups in total. The van der Waals surface area contributed by atoms with E-state index < -0.39 is 5.97 Å². The first-order valence-corrected chi connectivity index (χ1v) is 5.85. The van der Waals surface area contributed by atoms with Crippen LogP contribution in [0.5, 0.6) is 0 Å². The smallest absolute Gasteiger partial charge is 0.354 e. The molecule has 0 aliphatic carbocycles. The van der Waals surface area contributed by atoms with Gasteiger partial charge < -0.3 is 5.11 Å². The van der Waals surface area contributed by atoms with Crippen LogP contribution in [0.4, 0.5) is 0 Å². The zero-order valence-corrected chi connectivity index (χ0v) is 10.3. The van der Waals surface area contributed by atoms with E-state index in [4.69, 9.17) is 5.11 Å². The van der Waals surface area contributed by atoms with Gasteiger partial charge in [-0.15, -0.1) is 0 Å². The van der Waals surface area contributed by atoms with E-state index in [-0.39, 0.29) is 5.69 Å². The Bertz CT molecular complexity index is 708. The maximum Gasteiger partial charge on any atom is 0.354 e. The third-order valence-corrected chi connectivity index (χ3v) is 3.17. The summed E-state index contributed by atoms with van der Waals surface area (Å²) in [6.07, 6.45) is 1.27. The zero-order valence-electron chi connectivity index (χ0n) is 10.3. The van der Waals surface area contributed by atoms with Crippen molar-refractivity contribution in [3.05, 3.63) is 47.4 Å². The Kier molecular flexibility index (Phi) is 2.59. The lowest BCUT2D eigenvalue weighted by atomic mass is 10.0. The summed E-state index contributed by atoms with van der Waals surface area (Å²) in [4.78, 5) is 23.1. The summed E-state index contributed by atoms with van der Waals surface area (Å²) >= 11 is 0. The van der Waals surface area contributed by atoms with Gasteiger partial charge in [0.15, 0.2) is 5.69 Å². The molecule has 0 bridgehead atoms. The van der Waals surface area contributed by atoms with Crippen molar-refractivity contribution in [1.82, 2.24) is 9.97 Å². The molecule has 1 aliphatic heterocycles. The molecule has 0 spiro atoms. The molecular formula is C14H11N3O2. The number of aromatic carboxylic acids is 1. The van der Waals surface area contributed by atoms with Gasteiger partial charge in [-0.1, -0.05) is 12.1 Å². The highest BCUT2D eigenvalue weighted by molar-refractivity contribution is 6.02. The number of fused-ring (bicyclic) bond motifs is 1. The molecular weight excluding hydrogens is 242 g/mol. The lowest BCUT2D eigenvalue weighted by Gasteiger charge is -2.05. The van der Waals surface area contributed by atoms with Crippen LogP contribution in [0.1, 0.15) is 28.5 Å². The van der Waals surface area contributed by atoms with Gasteiger partial charge in [0.05, 0.1) is 12.2 Å². The maximum absolute atomic E-state index is 10.9. The number of benzene rings is 1. The molecule has 0 amide bonds. The van der Waals surface area contributed by atoms with Crippen LogP contribution in [0.25, 0.3) is 11.3 Å². The molecule has 0 saturated heterocycles. The molecule has 0 saturated carbocycles. The number of aromatic nitrogens is 2. The van der Waals surface area contributed by atoms with Crippen LogP contribution >= 0.6 is 0 Å². The summed E-state index contributed by atoms with van der Waals surface area (Å²) < 4.78 is 0. The fourth-order valence-corrected chi connectivity index (χ4v) is 2.13. The van der Waals surface area contributed by atoms with Crippen LogP contribution < -0.4 is 0 Å². The van der Waals surface area contributed by atoms with E-state index in [1.54, 1.807) is 0 Å². The molecule has 94 valence electrons. The average Bonchev–Trinajstić information content (AvgIpc) is 2.80. The Morgan fingerprint density at radius 1 is 1.26 bits per heavy atom. The molecule has 1 aromatic heterocycles. The fraction of sp³-hybridized carbons (Fsp3) is 0.143. The van der Waals surface area contributed by atoms with E-state index >= 15 is 0 Å². The van der Waals surface area contributed by atoms with Crippen molar-refractivity contribution in [2.75, 3.05) is 0 Å². The van der Waals surface area contributed by atoms with Crippen molar-refractivity contribution in [2.45, 2.75) is 13.5 Å². The van der Waals surface area contributed by atoms with Crippen molar-refractivity contribution in [3.63, 3.8) is 0 Å². The second-order valence-electron chi connectivity index (χ2n) is 4.37. The third-order valence-electron chi connectivity index (χ3n) is 3.17. The highest BCUT2D eigenvalue weighted by Gasteiger charge is 2.14. The Balaban J connectivity index is 2.08. The van der Waals surface area contributed by atoms with Gasteiger partial charge in [-0.25, -0.2) is 14.8 Å². The Labute approximate surface area is 109 Å². The standard InChI is InChI=1S/C14H11N3O2/c1-8-11-4-9(2-3-10(11)6-15-8)12-5-13(14(18)19)17-7-16-12/h2-5,7H,6H2,1H3,(H,18,19). The number of nitrogens with zero attached hydrogens (tertiary/aromatic N) is 3. The lowest BCUT2D eigenvalue weighted by molar-refractivity contribution is 0.0690. The maximum atomic E-state index is 10.9. The molecule has 3 rings (SSSR count). The Hall–Kier alpha value is -2.56. The van der Waals surface area contributed by atoms with E-state index in [0.717, 1.165) is 16.8 Å². The van der Waals surface area contributed by atoms with Crippen LogP contribution in [0, 0.1) is 0 Å². The minimum Gasteiger partial charge on any atom is -0.477 e. The SMILES string of the molecule is CC1=NCc2ccc(-c3cc(C(=O)O)ncn3)cc21. The molecule has 2 heterocycles. The third kappa shape index (κ3) is 1.99. The summed E-state index contributed by atoms with van der Waals surface area (Å²) in [6, 6.07) is 7.41. The highest BCUT2D eigenvalue weighted by Crippen LogP contribution is 2.25. The first-order valence-electron chi connectivity index (χ1n) is 5.85. The van der Waals surface area contributed by atoms with Crippen LogP contribution in [0.2, 0.25) is 0 Å². The van der Waals surface area contributed by atoms with Gasteiger partial charge in [-0.3, -0.25) is 4.99 Å². The Morgan fingerprint density at radius 3 is 2.89 bits per heavy atom. The van der Waals surface area contributed by atoms with Gasteiger partial charge >= 0.3 is 5.97 Å². The van der Waals surface area contributed by atoms with E-state index in [1.807, 2.05) is 25.1 Å². The highest BCUT2D eigenvalue weighted by atomic mass is 16.4. The van der Waals surface area contributed by atoms with Gasteiger partial charge in [0.25, 0.3) is 0 Å². The van der Waals surface area contributed by atoms with Gasteiger partial charge in [0, 0.05) is 16.8 Å². The van der Waals surface area contributed by atoms with E-state index in [1.165, 1.54) is 18.0 Å². The minimum absolute atomic E-state index is 0.00381. The summed E-state index contributed by atoms with van der Waals surface area (Å²) in [5.74, 6) is -1.05. The summed E-state index contributed by atoms with van der Waals surface area (Å²) in [5, 5.41) is 8.94. The average molecular weight is 253 g/mol. The molecule has 0 unspecified atom stereocenters. The number of rotatable bonds is 2. The second-order valence-corrected chi connectivity index (χ2v) is 4.37. The number of carboxylic acids is 1. The first-order chi connectivity index (χ1) is 9.15. The van der Waals surface area contributed by atoms with Crippen molar-refractivity contribution in [3.8, 4) is 11.3 Å². The topological polar surface area (TPSA) is 75.4 Å². The van der Waals surface area contributed by atoms with E-state index in [2.05, 4.69) is 15.0 Å². The normalized spacial score (nSPS) is 13.0. The molecule has 0 radical (unpaired) electrons. The molecule has 2 aromatic rings. The molecule has 0 fully saturated rings. The van der Waals surface area contributed by atoms with Gasteiger partial charge in [-0.2, -0.15) is 0 Å². The lowest BCUT2D eigenvalue weighted by Crippen LogP contribution is -2.01. The summed E-state index contributed by atoms with van der Waals surface area (Å²) in [6.45, 7) is 2.68. The van der Waals surface area contributed by atoms with Gasteiger partial charge in [0.1, 0.15) is 6.33 Å². The summed E-state index contributed by atoms with van der Waals surface area (Å²) in [5.41, 5.74) is 4.78. The largest absolute Gasteiger partial charge is 0.477 e. The first kappa shape index (κ1) is 11.5. The van der Waals surface area contributed by atoms with Crippen molar-refractivity contribution in [2.24, 2.45) is 4.99 Å². The van der Waals surface area contributed by atoms with Gasteiger partial charge in [0.2, 0.25) is 0 Å². The van der Waals surface area contributed by atoms with E-state index in [0.29, 0.717) is 12.2 Å². The van der Waals surface area contributed by atoms with Crippen LogP contribution in [0.3, 0.4) is 0 Å². The minimum atomic E-state index is -1.05. The van der Waals surface area contributed by atoms with Crippen LogP contribution in [-0.4, -0.2) is 26.8 Å². The van der Waals surface area contributed by atoms with Crippen molar-refractivity contribution >= 4 is 11.7 Å². The molecule has 0 atom stereocenters. The predicted molar refractivity (Wildman–Crippen MR) is 70.3 cm³/mol. The number of hydrogen-bond donors (Lipinski definition) is 1. The number of carboxylic acid groups (broad SMARTS) is 1. The second kappa shape index (κ2) is 4.28. The molecule has 1 aromatic carbocycles. The monoisotopic (exact) mass is 253 g/mol. The number of aliphatic imine (C=N–C) groups is 1. The van der Waals surface area contributed by atoms with E-state index in [9.17, 15) is 4.79 Å². The Morgan fingerprint density at radius 2 is 2.11 bits per heavy atom. The van der Waals surface area contributed by atoms with Gasteiger partial charge in [-0.05, 0) is 24.6 Å². The van der Waals surface area contributed by atoms with Crippen LogP contribution in [-0.2, 0) is 6.54 Å². The van der Waals surface area contributed by atoms with Crippen molar-refractivity contribution in [1.29, 1.82) is 0 Å². The molecule has 1 aliphatic rings. The zero-order chi connectivity index (χ0) is 13.4. The predicted octanol–water partition coefficient (Wildman–Crippen LogP) is 2.16. The fourth-order valence-electron chi connectivity index (χ4n) is 2.13. The number of hydrogen-bond acceptors (Lipinski definition) is 4. The molecule has 5 nitrogen and oxygen atoms in total. The van der Waals surface area contributed by atoms with Crippen molar-refractivity contribution < 1.29 is 9.90 Å². The summed E-state index contributed by atoms with van der Waals surface area (Å²) in [7, 11) is 0. The van der Waals surface area contributed by atoms with Crippen LogP contribution in [0.15, 0.2) is 35.6 Å². The molecule has 5 heteroatoms. The molecule has 19 heavy (non-hydrogen) atoms.